The highest BCUT2D eigenvalue weighted by Crippen LogP contribution is 2.26. The number of unbranched alkanes of at least 4 members (excludes halogenated alkanes) is 1. The number of benzene rings is 1. The number of amides is 1. The van der Waals surface area contributed by atoms with Gasteiger partial charge in [-0.15, -0.1) is 0 Å². The number of para-hydroxylation sites is 1. The lowest BCUT2D eigenvalue weighted by Crippen LogP contribution is -2.31. The number of anilines is 1. The van der Waals surface area contributed by atoms with E-state index in [0.29, 0.717) is 6.42 Å². The Hall–Kier alpha value is -1.55. The Bertz CT molecular complexity index is 406. The number of fused-ring (bicyclic) bond motifs is 1. The van der Waals surface area contributed by atoms with Crippen molar-refractivity contribution in [2.24, 2.45) is 5.84 Å². The molecule has 18 heavy (non-hydrogen) atoms. The molecule has 1 amide bonds. The van der Waals surface area contributed by atoms with Crippen LogP contribution in [0.15, 0.2) is 24.3 Å². The summed E-state index contributed by atoms with van der Waals surface area (Å²) in [5, 5.41) is 0. The van der Waals surface area contributed by atoms with Crippen molar-refractivity contribution < 1.29 is 4.79 Å². The van der Waals surface area contributed by atoms with Crippen molar-refractivity contribution in [3.8, 4) is 0 Å². The predicted molar refractivity (Wildman–Crippen MR) is 73.2 cm³/mol. The summed E-state index contributed by atoms with van der Waals surface area (Å²) < 4.78 is 0. The van der Waals surface area contributed by atoms with Gasteiger partial charge in [0, 0.05) is 25.2 Å². The molecule has 0 aliphatic carbocycles. The first kappa shape index (κ1) is 12.9. The highest BCUT2D eigenvalue weighted by molar-refractivity contribution is 5.75. The average molecular weight is 247 g/mol. The van der Waals surface area contributed by atoms with E-state index in [-0.39, 0.29) is 5.91 Å². The summed E-state index contributed by atoms with van der Waals surface area (Å²) in [6.45, 7) is 2.15. The molecular weight excluding hydrogens is 226 g/mol. The van der Waals surface area contributed by atoms with Gasteiger partial charge in [-0.05, 0) is 37.3 Å². The summed E-state index contributed by atoms with van der Waals surface area (Å²) in [4.78, 5) is 13.4. The smallest absolute Gasteiger partial charge is 0.233 e. The Morgan fingerprint density at radius 2 is 2.17 bits per heavy atom. The fraction of sp³-hybridized carbons (Fsp3) is 0.500. The van der Waals surface area contributed by atoms with Crippen LogP contribution in [0, 0.1) is 0 Å². The number of aryl methyl sites for hydroxylation is 1. The number of rotatable bonds is 5. The summed E-state index contributed by atoms with van der Waals surface area (Å²) in [7, 11) is 0. The Labute approximate surface area is 108 Å². The molecule has 1 aliphatic heterocycles. The van der Waals surface area contributed by atoms with Crippen molar-refractivity contribution in [2.45, 2.75) is 32.1 Å². The van der Waals surface area contributed by atoms with E-state index in [1.54, 1.807) is 0 Å². The fourth-order valence-corrected chi connectivity index (χ4v) is 2.50. The summed E-state index contributed by atoms with van der Waals surface area (Å²) in [5.41, 5.74) is 4.98. The molecule has 0 unspecified atom stereocenters. The van der Waals surface area contributed by atoms with Crippen LogP contribution in [0.1, 0.15) is 31.2 Å². The largest absolute Gasteiger partial charge is 0.371 e. The van der Waals surface area contributed by atoms with Crippen LogP contribution in [0.2, 0.25) is 0 Å². The predicted octanol–water partition coefficient (Wildman–Crippen LogP) is 1.60. The summed E-state index contributed by atoms with van der Waals surface area (Å²) in [5.74, 6) is 4.98. The van der Waals surface area contributed by atoms with Crippen LogP contribution in [-0.4, -0.2) is 19.0 Å². The number of hydrogen-bond donors (Lipinski definition) is 2. The molecule has 1 heterocycles. The second kappa shape index (κ2) is 6.40. The summed E-state index contributed by atoms with van der Waals surface area (Å²) >= 11 is 0. The SMILES string of the molecule is NNC(=O)CCCCN1CCCc2ccccc21. The standard InChI is InChI=1S/C14H21N3O/c15-16-14(18)9-3-4-10-17-11-5-7-12-6-1-2-8-13(12)17/h1-2,6,8H,3-5,7,9-11,15H2,(H,16,18). The van der Waals surface area contributed by atoms with Crippen LogP contribution >= 0.6 is 0 Å². The molecule has 0 spiro atoms. The lowest BCUT2D eigenvalue weighted by Gasteiger charge is -2.31. The topological polar surface area (TPSA) is 58.4 Å². The van der Waals surface area contributed by atoms with E-state index >= 15 is 0 Å². The Balaban J connectivity index is 1.82. The van der Waals surface area contributed by atoms with E-state index in [2.05, 4.69) is 34.6 Å². The zero-order valence-electron chi connectivity index (χ0n) is 10.7. The second-order valence-corrected chi connectivity index (χ2v) is 4.74. The van der Waals surface area contributed by atoms with E-state index < -0.39 is 0 Å². The van der Waals surface area contributed by atoms with Crippen molar-refractivity contribution in [3.05, 3.63) is 29.8 Å². The highest BCUT2D eigenvalue weighted by atomic mass is 16.2. The molecule has 1 aromatic carbocycles. The number of hydrazine groups is 1. The molecule has 98 valence electrons. The number of nitrogens with two attached hydrogens (primary N) is 1. The van der Waals surface area contributed by atoms with Gasteiger partial charge in [0.25, 0.3) is 0 Å². The first-order valence-corrected chi connectivity index (χ1v) is 6.63. The molecule has 2 rings (SSSR count). The normalized spacial score (nSPS) is 14.2. The fourth-order valence-electron chi connectivity index (χ4n) is 2.50. The lowest BCUT2D eigenvalue weighted by atomic mass is 10.0. The first-order valence-electron chi connectivity index (χ1n) is 6.63. The third-order valence-electron chi connectivity index (χ3n) is 3.45. The summed E-state index contributed by atoms with van der Waals surface area (Å²) in [6, 6.07) is 8.61. The van der Waals surface area contributed by atoms with Crippen LogP contribution in [0.4, 0.5) is 5.69 Å². The molecule has 0 radical (unpaired) electrons. The van der Waals surface area contributed by atoms with Crippen LogP contribution in [0.5, 0.6) is 0 Å². The molecule has 0 fully saturated rings. The van der Waals surface area contributed by atoms with E-state index in [1.165, 1.54) is 24.1 Å². The van der Waals surface area contributed by atoms with Gasteiger partial charge in [-0.2, -0.15) is 0 Å². The number of hydrogen-bond acceptors (Lipinski definition) is 3. The Morgan fingerprint density at radius 1 is 1.33 bits per heavy atom. The average Bonchev–Trinajstić information content (AvgIpc) is 2.43. The van der Waals surface area contributed by atoms with Gasteiger partial charge in [-0.25, -0.2) is 5.84 Å². The molecule has 0 atom stereocenters. The van der Waals surface area contributed by atoms with E-state index in [1.807, 2.05) is 0 Å². The molecule has 4 heteroatoms. The Kier molecular flexibility index (Phi) is 4.59. The van der Waals surface area contributed by atoms with Gasteiger partial charge in [-0.1, -0.05) is 18.2 Å². The zero-order chi connectivity index (χ0) is 12.8. The minimum absolute atomic E-state index is 0.0750. The molecule has 4 nitrogen and oxygen atoms in total. The molecule has 0 bridgehead atoms. The van der Waals surface area contributed by atoms with Gasteiger partial charge in [0.1, 0.15) is 0 Å². The molecule has 3 N–H and O–H groups in total. The van der Waals surface area contributed by atoms with E-state index in [9.17, 15) is 4.79 Å². The van der Waals surface area contributed by atoms with Gasteiger partial charge in [0.05, 0.1) is 0 Å². The number of nitrogens with zero attached hydrogens (tertiary/aromatic N) is 1. The van der Waals surface area contributed by atoms with E-state index in [0.717, 1.165) is 25.9 Å². The van der Waals surface area contributed by atoms with Gasteiger partial charge >= 0.3 is 0 Å². The zero-order valence-corrected chi connectivity index (χ0v) is 10.7. The highest BCUT2D eigenvalue weighted by Gasteiger charge is 2.15. The maximum Gasteiger partial charge on any atom is 0.233 e. The molecule has 0 saturated heterocycles. The third-order valence-corrected chi connectivity index (χ3v) is 3.45. The van der Waals surface area contributed by atoms with Gasteiger partial charge in [-0.3, -0.25) is 10.2 Å². The second-order valence-electron chi connectivity index (χ2n) is 4.74. The van der Waals surface area contributed by atoms with Crippen molar-refractivity contribution >= 4 is 11.6 Å². The van der Waals surface area contributed by atoms with Gasteiger partial charge in [0.15, 0.2) is 0 Å². The van der Waals surface area contributed by atoms with Gasteiger partial charge < -0.3 is 4.90 Å². The molecule has 1 aromatic rings. The minimum Gasteiger partial charge on any atom is -0.371 e. The number of carbonyl (C=O) groups is 1. The maximum absolute atomic E-state index is 11.0. The maximum atomic E-state index is 11.0. The molecule has 0 aromatic heterocycles. The Morgan fingerprint density at radius 3 is 3.00 bits per heavy atom. The van der Waals surface area contributed by atoms with Crippen molar-refractivity contribution in [3.63, 3.8) is 0 Å². The van der Waals surface area contributed by atoms with Crippen LogP contribution in [0.25, 0.3) is 0 Å². The quantitative estimate of drug-likeness (QED) is 0.359. The monoisotopic (exact) mass is 247 g/mol. The van der Waals surface area contributed by atoms with Crippen molar-refractivity contribution in [1.82, 2.24) is 5.43 Å². The first-order chi connectivity index (χ1) is 8.81. The van der Waals surface area contributed by atoms with Crippen molar-refractivity contribution in [1.29, 1.82) is 0 Å². The minimum atomic E-state index is -0.0750. The van der Waals surface area contributed by atoms with Crippen LogP contribution < -0.4 is 16.2 Å². The van der Waals surface area contributed by atoms with Crippen molar-refractivity contribution in [2.75, 3.05) is 18.0 Å². The molecule has 0 saturated carbocycles. The van der Waals surface area contributed by atoms with Crippen LogP contribution in [-0.2, 0) is 11.2 Å². The molecular formula is C14H21N3O. The lowest BCUT2D eigenvalue weighted by molar-refractivity contribution is -0.121. The van der Waals surface area contributed by atoms with Crippen LogP contribution in [0.3, 0.4) is 0 Å². The summed E-state index contributed by atoms with van der Waals surface area (Å²) in [6.07, 6.45) is 4.85. The van der Waals surface area contributed by atoms with E-state index in [4.69, 9.17) is 5.84 Å². The number of nitrogens with one attached hydrogen (secondary N) is 1. The number of carbonyl (C=O) groups excluding carboxylic acids is 1. The molecule has 1 aliphatic rings. The van der Waals surface area contributed by atoms with Gasteiger partial charge in [0.2, 0.25) is 5.91 Å². The third kappa shape index (κ3) is 3.23.